The number of fused-ring (bicyclic) bond motifs is 2. The predicted molar refractivity (Wildman–Crippen MR) is 159 cm³/mol. The lowest BCUT2D eigenvalue weighted by Crippen LogP contribution is -1.96. The molecule has 0 aliphatic carbocycles. The van der Waals surface area contributed by atoms with Gasteiger partial charge in [0.2, 0.25) is 0 Å². The molecule has 0 atom stereocenters. The summed E-state index contributed by atoms with van der Waals surface area (Å²) in [6.07, 6.45) is 0. The highest BCUT2D eigenvalue weighted by Gasteiger charge is 2.13. The van der Waals surface area contributed by atoms with Crippen LogP contribution in [0.2, 0.25) is 0 Å². The van der Waals surface area contributed by atoms with Crippen LogP contribution in [0.3, 0.4) is 0 Å². The van der Waals surface area contributed by atoms with Gasteiger partial charge in [0.05, 0.1) is 11.4 Å². The van der Waals surface area contributed by atoms with E-state index in [-0.39, 0.29) is 0 Å². The van der Waals surface area contributed by atoms with Gasteiger partial charge in [-0.05, 0) is 44.8 Å². The van der Waals surface area contributed by atoms with Gasteiger partial charge in [0, 0.05) is 16.7 Å². The van der Waals surface area contributed by atoms with Crippen molar-refractivity contribution in [3.8, 4) is 45.0 Å². The van der Waals surface area contributed by atoms with Crippen LogP contribution in [0.4, 0.5) is 0 Å². The number of hydrogen-bond donors (Lipinski definition) is 0. The number of rotatable bonds is 4. The van der Waals surface area contributed by atoms with E-state index in [4.69, 9.17) is 9.97 Å². The number of aromatic nitrogens is 2. The molecule has 0 saturated carbocycles. The zero-order valence-corrected chi connectivity index (χ0v) is 20.8. The highest BCUT2D eigenvalue weighted by molar-refractivity contribution is 5.95. The fraction of sp³-hybridized carbons (Fsp3) is 0. The van der Waals surface area contributed by atoms with Crippen molar-refractivity contribution in [1.82, 2.24) is 9.97 Å². The zero-order valence-electron chi connectivity index (χ0n) is 20.8. The van der Waals surface area contributed by atoms with E-state index in [0.29, 0.717) is 0 Å². The van der Waals surface area contributed by atoms with Gasteiger partial charge in [-0.2, -0.15) is 0 Å². The largest absolute Gasteiger partial charge is 0.228 e. The molecular weight excluding hydrogens is 460 g/mol. The van der Waals surface area contributed by atoms with E-state index in [1.807, 2.05) is 18.2 Å². The zero-order chi connectivity index (χ0) is 25.3. The third kappa shape index (κ3) is 4.12. The first-order chi connectivity index (χ1) is 18.8. The fourth-order valence-electron chi connectivity index (χ4n) is 5.10. The van der Waals surface area contributed by atoms with Gasteiger partial charge < -0.3 is 0 Å². The Morgan fingerprint density at radius 2 is 0.921 bits per heavy atom. The quantitative estimate of drug-likeness (QED) is 0.249. The van der Waals surface area contributed by atoms with Gasteiger partial charge in [-0.3, -0.25) is 0 Å². The third-order valence-electron chi connectivity index (χ3n) is 7.09. The molecule has 6 aromatic carbocycles. The van der Waals surface area contributed by atoms with Gasteiger partial charge in [0.15, 0.2) is 5.82 Å². The Morgan fingerprint density at radius 1 is 0.342 bits per heavy atom. The second-order valence-corrected chi connectivity index (χ2v) is 9.49. The monoisotopic (exact) mass is 484 g/mol. The molecule has 0 radical (unpaired) electrons. The molecule has 38 heavy (non-hydrogen) atoms. The number of benzene rings is 6. The Kier molecular flexibility index (Phi) is 5.49. The molecule has 1 heterocycles. The maximum absolute atomic E-state index is 5.08. The Morgan fingerprint density at radius 3 is 1.71 bits per heavy atom. The van der Waals surface area contributed by atoms with E-state index in [2.05, 4.69) is 127 Å². The molecule has 0 saturated heterocycles. The van der Waals surface area contributed by atoms with Crippen LogP contribution in [-0.2, 0) is 0 Å². The standard InChI is InChI=1S/C36H24N2/c1-2-11-28(12-3-1)34-24-35(38-36(37-34)33-16-8-14-27-10-6-7-15-32(27)33)29-20-17-26(18-21-29)31-22-19-25-9-4-5-13-30(25)23-31/h1-24H. The predicted octanol–water partition coefficient (Wildman–Crippen LogP) is 9.45. The van der Waals surface area contributed by atoms with Gasteiger partial charge in [0.25, 0.3) is 0 Å². The Labute approximate surface area is 221 Å². The lowest BCUT2D eigenvalue weighted by molar-refractivity contribution is 1.19. The molecule has 0 spiro atoms. The minimum atomic E-state index is 0.733. The van der Waals surface area contributed by atoms with E-state index in [1.165, 1.54) is 27.3 Å². The molecule has 2 nitrogen and oxygen atoms in total. The minimum Gasteiger partial charge on any atom is -0.228 e. The second-order valence-electron chi connectivity index (χ2n) is 9.49. The summed E-state index contributed by atoms with van der Waals surface area (Å²) in [6, 6.07) is 50.9. The molecule has 0 aliphatic rings. The molecule has 0 fully saturated rings. The fourth-order valence-corrected chi connectivity index (χ4v) is 5.10. The molecule has 2 heteroatoms. The maximum Gasteiger partial charge on any atom is 0.161 e. The van der Waals surface area contributed by atoms with Gasteiger partial charge in [0.1, 0.15) is 0 Å². The van der Waals surface area contributed by atoms with E-state index >= 15 is 0 Å². The van der Waals surface area contributed by atoms with Crippen LogP contribution >= 0.6 is 0 Å². The summed E-state index contributed by atoms with van der Waals surface area (Å²) in [7, 11) is 0. The van der Waals surface area contributed by atoms with Crippen molar-refractivity contribution in [1.29, 1.82) is 0 Å². The average Bonchev–Trinajstić information content (AvgIpc) is 3.01. The number of hydrogen-bond acceptors (Lipinski definition) is 2. The van der Waals surface area contributed by atoms with Gasteiger partial charge in [-0.1, -0.05) is 133 Å². The molecule has 0 amide bonds. The normalized spacial score (nSPS) is 11.2. The summed E-state index contributed by atoms with van der Waals surface area (Å²) in [5.41, 5.74) is 7.39. The van der Waals surface area contributed by atoms with Crippen LogP contribution < -0.4 is 0 Å². The average molecular weight is 485 g/mol. The van der Waals surface area contributed by atoms with Crippen LogP contribution in [0.1, 0.15) is 0 Å². The summed E-state index contributed by atoms with van der Waals surface area (Å²) in [5, 5.41) is 4.83. The minimum absolute atomic E-state index is 0.733. The molecule has 7 aromatic rings. The van der Waals surface area contributed by atoms with Crippen LogP contribution in [0.25, 0.3) is 66.6 Å². The molecule has 178 valence electrons. The van der Waals surface area contributed by atoms with Crippen molar-refractivity contribution in [3.63, 3.8) is 0 Å². The van der Waals surface area contributed by atoms with Crippen molar-refractivity contribution in [3.05, 3.63) is 146 Å². The summed E-state index contributed by atoms with van der Waals surface area (Å²) in [6.45, 7) is 0. The summed E-state index contributed by atoms with van der Waals surface area (Å²) in [5.74, 6) is 0.733. The van der Waals surface area contributed by atoms with Crippen molar-refractivity contribution in [2.24, 2.45) is 0 Å². The van der Waals surface area contributed by atoms with Crippen LogP contribution in [0.15, 0.2) is 146 Å². The summed E-state index contributed by atoms with van der Waals surface area (Å²) >= 11 is 0. The van der Waals surface area contributed by atoms with Crippen LogP contribution in [0, 0.1) is 0 Å². The van der Waals surface area contributed by atoms with Gasteiger partial charge in [-0.15, -0.1) is 0 Å². The van der Waals surface area contributed by atoms with Crippen LogP contribution in [0.5, 0.6) is 0 Å². The van der Waals surface area contributed by atoms with Crippen molar-refractivity contribution >= 4 is 21.5 Å². The lowest BCUT2D eigenvalue weighted by atomic mass is 9.99. The van der Waals surface area contributed by atoms with E-state index in [9.17, 15) is 0 Å². The molecule has 1 aromatic heterocycles. The SMILES string of the molecule is c1ccc(-c2cc(-c3ccc(-c4ccc5ccccc5c4)cc3)nc(-c3cccc4ccccc34)n2)cc1. The van der Waals surface area contributed by atoms with E-state index < -0.39 is 0 Å². The van der Waals surface area contributed by atoms with E-state index in [0.717, 1.165) is 39.3 Å². The highest BCUT2D eigenvalue weighted by atomic mass is 14.9. The van der Waals surface area contributed by atoms with Crippen molar-refractivity contribution in [2.75, 3.05) is 0 Å². The molecule has 0 N–H and O–H groups in total. The molecular formula is C36H24N2. The van der Waals surface area contributed by atoms with Crippen molar-refractivity contribution in [2.45, 2.75) is 0 Å². The first-order valence-electron chi connectivity index (χ1n) is 12.8. The summed E-state index contributed by atoms with van der Waals surface area (Å²) in [4.78, 5) is 10.1. The Balaban J connectivity index is 1.35. The molecule has 0 aliphatic heterocycles. The van der Waals surface area contributed by atoms with Crippen molar-refractivity contribution < 1.29 is 0 Å². The molecule has 0 bridgehead atoms. The topological polar surface area (TPSA) is 25.8 Å². The Bertz CT molecular complexity index is 1900. The van der Waals surface area contributed by atoms with E-state index in [1.54, 1.807) is 0 Å². The van der Waals surface area contributed by atoms with Gasteiger partial charge >= 0.3 is 0 Å². The first kappa shape index (κ1) is 22.1. The third-order valence-corrected chi connectivity index (χ3v) is 7.09. The molecule has 7 rings (SSSR count). The molecule has 0 unspecified atom stereocenters. The summed E-state index contributed by atoms with van der Waals surface area (Å²) < 4.78 is 0. The maximum atomic E-state index is 5.08. The highest BCUT2D eigenvalue weighted by Crippen LogP contribution is 2.32. The first-order valence-corrected chi connectivity index (χ1v) is 12.8. The van der Waals surface area contributed by atoms with Gasteiger partial charge in [-0.25, -0.2) is 9.97 Å². The number of nitrogens with zero attached hydrogens (tertiary/aromatic N) is 2. The lowest BCUT2D eigenvalue weighted by Gasteiger charge is -2.12. The Hall–Kier alpha value is -5.08. The second kappa shape index (κ2) is 9.42. The smallest absolute Gasteiger partial charge is 0.161 e. The van der Waals surface area contributed by atoms with Crippen LogP contribution in [-0.4, -0.2) is 9.97 Å².